The number of nitrogens with zero attached hydrogens (tertiary/aromatic N) is 2. The standard InChI is InChI=1S/C14H17BrN2O2/c1-10(9-18)17(2)8-14-16-7-13(19-14)11-4-3-5-12(15)6-11/h3-7,10,18H,8-9H2,1-2H3. The molecule has 1 unspecified atom stereocenters. The van der Waals surface area contributed by atoms with Gasteiger partial charge >= 0.3 is 0 Å². The molecule has 0 saturated carbocycles. The number of benzene rings is 1. The van der Waals surface area contributed by atoms with Crippen molar-refractivity contribution in [1.82, 2.24) is 9.88 Å². The largest absolute Gasteiger partial charge is 0.439 e. The van der Waals surface area contributed by atoms with E-state index in [-0.39, 0.29) is 12.6 Å². The first-order chi connectivity index (χ1) is 9.10. The topological polar surface area (TPSA) is 49.5 Å². The summed E-state index contributed by atoms with van der Waals surface area (Å²) in [6, 6.07) is 7.99. The highest BCUT2D eigenvalue weighted by molar-refractivity contribution is 9.10. The van der Waals surface area contributed by atoms with E-state index in [0.717, 1.165) is 15.8 Å². The smallest absolute Gasteiger partial charge is 0.209 e. The molecule has 2 rings (SSSR count). The van der Waals surface area contributed by atoms with E-state index in [0.29, 0.717) is 12.4 Å². The second-order valence-corrected chi connectivity index (χ2v) is 5.49. The molecule has 1 aromatic carbocycles. The van der Waals surface area contributed by atoms with Crippen LogP contribution in [0.3, 0.4) is 0 Å². The summed E-state index contributed by atoms with van der Waals surface area (Å²) in [6.45, 7) is 2.66. The fourth-order valence-corrected chi connectivity index (χ4v) is 2.07. The van der Waals surface area contributed by atoms with E-state index < -0.39 is 0 Å². The zero-order valence-corrected chi connectivity index (χ0v) is 12.6. The highest BCUT2D eigenvalue weighted by atomic mass is 79.9. The fraction of sp³-hybridized carbons (Fsp3) is 0.357. The van der Waals surface area contributed by atoms with Gasteiger partial charge in [-0.1, -0.05) is 28.1 Å². The maximum absolute atomic E-state index is 9.10. The van der Waals surface area contributed by atoms with Crippen molar-refractivity contribution in [2.45, 2.75) is 19.5 Å². The molecule has 0 aliphatic carbocycles. The third-order valence-electron chi connectivity index (χ3n) is 3.06. The summed E-state index contributed by atoms with van der Waals surface area (Å²) in [5.41, 5.74) is 0.992. The average Bonchev–Trinajstić information content (AvgIpc) is 2.86. The minimum atomic E-state index is 0.0845. The van der Waals surface area contributed by atoms with Crippen LogP contribution in [0.1, 0.15) is 12.8 Å². The van der Waals surface area contributed by atoms with Crippen molar-refractivity contribution in [3.63, 3.8) is 0 Å². The maximum atomic E-state index is 9.10. The van der Waals surface area contributed by atoms with Crippen LogP contribution in [0, 0.1) is 0 Å². The Morgan fingerprint density at radius 2 is 2.26 bits per heavy atom. The summed E-state index contributed by atoms with van der Waals surface area (Å²) in [5.74, 6) is 1.40. The summed E-state index contributed by atoms with van der Waals surface area (Å²) in [4.78, 5) is 6.27. The number of likely N-dealkylation sites (N-methyl/N-ethyl adjacent to an activating group) is 1. The number of hydrogen-bond acceptors (Lipinski definition) is 4. The lowest BCUT2D eigenvalue weighted by Gasteiger charge is -2.20. The number of aliphatic hydroxyl groups excluding tert-OH is 1. The van der Waals surface area contributed by atoms with Crippen LogP contribution in [0.15, 0.2) is 39.4 Å². The molecule has 2 aromatic rings. The van der Waals surface area contributed by atoms with Crippen LogP contribution in [0.4, 0.5) is 0 Å². The molecule has 0 spiro atoms. The first-order valence-electron chi connectivity index (χ1n) is 6.12. The molecule has 19 heavy (non-hydrogen) atoms. The molecule has 1 atom stereocenters. The van der Waals surface area contributed by atoms with Crippen LogP contribution in [-0.4, -0.2) is 34.7 Å². The highest BCUT2D eigenvalue weighted by Gasteiger charge is 2.12. The van der Waals surface area contributed by atoms with Gasteiger partial charge in [-0.3, -0.25) is 4.90 Å². The van der Waals surface area contributed by atoms with Crippen molar-refractivity contribution in [3.8, 4) is 11.3 Å². The molecule has 0 saturated heterocycles. The molecule has 0 bridgehead atoms. The van der Waals surface area contributed by atoms with Crippen LogP contribution in [0.2, 0.25) is 0 Å². The molecule has 102 valence electrons. The molecule has 0 radical (unpaired) electrons. The molecule has 0 aliphatic heterocycles. The predicted molar refractivity (Wildman–Crippen MR) is 77.7 cm³/mol. The van der Waals surface area contributed by atoms with Gasteiger partial charge in [0, 0.05) is 16.1 Å². The van der Waals surface area contributed by atoms with Crippen molar-refractivity contribution in [2.75, 3.05) is 13.7 Å². The van der Waals surface area contributed by atoms with E-state index >= 15 is 0 Å². The van der Waals surface area contributed by atoms with E-state index in [1.807, 2.05) is 43.1 Å². The minimum absolute atomic E-state index is 0.0845. The van der Waals surface area contributed by atoms with Gasteiger partial charge in [0.1, 0.15) is 0 Å². The van der Waals surface area contributed by atoms with E-state index in [9.17, 15) is 0 Å². The summed E-state index contributed by atoms with van der Waals surface area (Å²) in [5, 5.41) is 9.10. The lowest BCUT2D eigenvalue weighted by molar-refractivity contribution is 0.145. The molecule has 1 aromatic heterocycles. The molecule has 0 aliphatic rings. The van der Waals surface area contributed by atoms with Crippen LogP contribution < -0.4 is 0 Å². The van der Waals surface area contributed by atoms with Gasteiger partial charge in [0.15, 0.2) is 5.76 Å². The lowest BCUT2D eigenvalue weighted by atomic mass is 10.2. The summed E-state index contributed by atoms with van der Waals surface area (Å²) < 4.78 is 6.74. The average molecular weight is 325 g/mol. The minimum Gasteiger partial charge on any atom is -0.439 e. The van der Waals surface area contributed by atoms with Crippen molar-refractivity contribution in [1.29, 1.82) is 0 Å². The number of oxazole rings is 1. The molecular weight excluding hydrogens is 308 g/mol. The molecule has 0 amide bonds. The Morgan fingerprint density at radius 3 is 2.95 bits per heavy atom. The lowest BCUT2D eigenvalue weighted by Crippen LogP contribution is -2.31. The Balaban J connectivity index is 2.11. The number of aromatic nitrogens is 1. The zero-order valence-electron chi connectivity index (χ0n) is 11.0. The van der Waals surface area contributed by atoms with E-state index in [4.69, 9.17) is 9.52 Å². The molecule has 1 N–H and O–H groups in total. The van der Waals surface area contributed by atoms with Crippen LogP contribution in [0.5, 0.6) is 0 Å². The van der Waals surface area contributed by atoms with Crippen molar-refractivity contribution in [2.24, 2.45) is 0 Å². The first kappa shape index (κ1) is 14.2. The number of halogens is 1. The van der Waals surface area contributed by atoms with Crippen LogP contribution >= 0.6 is 15.9 Å². The number of hydrogen-bond donors (Lipinski definition) is 1. The Labute approximate surface area is 121 Å². The summed E-state index contributed by atoms with van der Waals surface area (Å²) in [7, 11) is 1.93. The number of aliphatic hydroxyl groups is 1. The summed E-state index contributed by atoms with van der Waals surface area (Å²) >= 11 is 3.44. The molecule has 1 heterocycles. The Hall–Kier alpha value is -1.17. The van der Waals surface area contributed by atoms with E-state index in [1.165, 1.54) is 0 Å². The molecule has 5 heteroatoms. The van der Waals surface area contributed by atoms with Gasteiger partial charge < -0.3 is 9.52 Å². The second kappa shape index (κ2) is 6.32. The molecule has 0 fully saturated rings. The van der Waals surface area contributed by atoms with Crippen molar-refractivity contribution >= 4 is 15.9 Å². The van der Waals surface area contributed by atoms with Gasteiger partial charge in [-0.15, -0.1) is 0 Å². The molecular formula is C14H17BrN2O2. The highest BCUT2D eigenvalue weighted by Crippen LogP contribution is 2.24. The Kier molecular flexibility index (Phi) is 4.74. The van der Waals surface area contributed by atoms with E-state index in [1.54, 1.807) is 6.20 Å². The third kappa shape index (κ3) is 3.65. The van der Waals surface area contributed by atoms with Gasteiger partial charge in [0.25, 0.3) is 0 Å². The monoisotopic (exact) mass is 324 g/mol. The second-order valence-electron chi connectivity index (χ2n) is 4.58. The summed E-state index contributed by atoms with van der Waals surface area (Å²) in [6.07, 6.45) is 1.73. The van der Waals surface area contributed by atoms with Crippen molar-refractivity contribution in [3.05, 3.63) is 40.8 Å². The predicted octanol–water partition coefficient (Wildman–Crippen LogP) is 2.92. The Bertz CT molecular complexity index is 542. The number of rotatable bonds is 5. The first-order valence-corrected chi connectivity index (χ1v) is 6.91. The van der Waals surface area contributed by atoms with Gasteiger partial charge in [-0.05, 0) is 26.1 Å². The Morgan fingerprint density at radius 1 is 1.47 bits per heavy atom. The van der Waals surface area contributed by atoms with Crippen LogP contribution in [-0.2, 0) is 6.54 Å². The van der Waals surface area contributed by atoms with Gasteiger partial charge in [0.2, 0.25) is 5.89 Å². The van der Waals surface area contributed by atoms with Gasteiger partial charge in [0.05, 0.1) is 19.3 Å². The quantitative estimate of drug-likeness (QED) is 0.918. The third-order valence-corrected chi connectivity index (χ3v) is 3.56. The fourth-order valence-electron chi connectivity index (χ4n) is 1.67. The van der Waals surface area contributed by atoms with E-state index in [2.05, 4.69) is 20.9 Å². The molecule has 4 nitrogen and oxygen atoms in total. The van der Waals surface area contributed by atoms with Crippen molar-refractivity contribution < 1.29 is 9.52 Å². The van der Waals surface area contributed by atoms with Crippen LogP contribution in [0.25, 0.3) is 11.3 Å². The maximum Gasteiger partial charge on any atom is 0.209 e. The normalized spacial score (nSPS) is 12.9. The van der Waals surface area contributed by atoms with Gasteiger partial charge in [-0.2, -0.15) is 0 Å². The zero-order chi connectivity index (χ0) is 13.8. The van der Waals surface area contributed by atoms with Gasteiger partial charge in [-0.25, -0.2) is 4.98 Å². The SMILES string of the molecule is CC(CO)N(C)Cc1ncc(-c2cccc(Br)c2)o1.